The maximum absolute atomic E-state index is 11.7. The van der Waals surface area contributed by atoms with Crippen LogP contribution in [0, 0.1) is 6.92 Å². The Balaban J connectivity index is 2.63. The van der Waals surface area contributed by atoms with Crippen molar-refractivity contribution in [3.8, 4) is 0 Å². The Morgan fingerprint density at radius 3 is 2.44 bits per heavy atom. The van der Waals surface area contributed by atoms with Gasteiger partial charge in [-0.25, -0.2) is 0 Å². The second-order valence-electron chi connectivity index (χ2n) is 5.85. The summed E-state index contributed by atoms with van der Waals surface area (Å²) in [6.45, 7) is 10.4. The molecule has 0 aliphatic heterocycles. The van der Waals surface area contributed by atoms with Crippen LogP contribution in [-0.2, 0) is 5.41 Å². The van der Waals surface area contributed by atoms with E-state index in [0.29, 0.717) is 12.2 Å². The molecule has 0 atom stereocenters. The van der Waals surface area contributed by atoms with Crippen molar-refractivity contribution in [2.75, 3.05) is 0 Å². The van der Waals surface area contributed by atoms with Gasteiger partial charge in [0.2, 0.25) is 0 Å². The van der Waals surface area contributed by atoms with Gasteiger partial charge in [0.15, 0.2) is 11.5 Å². The van der Waals surface area contributed by atoms with Gasteiger partial charge in [0, 0.05) is 11.8 Å². The van der Waals surface area contributed by atoms with Gasteiger partial charge in [-0.1, -0.05) is 33.8 Å². The molecule has 0 aliphatic rings. The van der Waals surface area contributed by atoms with Crippen LogP contribution in [-0.4, -0.2) is 5.78 Å². The molecule has 2 aromatic rings. The van der Waals surface area contributed by atoms with Gasteiger partial charge < -0.3 is 4.42 Å². The Morgan fingerprint density at radius 2 is 1.89 bits per heavy atom. The van der Waals surface area contributed by atoms with Crippen molar-refractivity contribution in [1.29, 1.82) is 0 Å². The molecule has 0 radical (unpaired) electrons. The van der Waals surface area contributed by atoms with Crippen LogP contribution < -0.4 is 0 Å². The lowest BCUT2D eigenvalue weighted by Crippen LogP contribution is -2.10. The summed E-state index contributed by atoms with van der Waals surface area (Å²) in [6, 6.07) is 6.13. The van der Waals surface area contributed by atoms with E-state index < -0.39 is 0 Å². The van der Waals surface area contributed by atoms with Gasteiger partial charge in [-0.3, -0.25) is 4.79 Å². The molecule has 18 heavy (non-hydrogen) atoms. The van der Waals surface area contributed by atoms with Crippen molar-refractivity contribution >= 4 is 16.8 Å². The van der Waals surface area contributed by atoms with Gasteiger partial charge >= 0.3 is 0 Å². The SMILES string of the molecule is CCC(=O)c1cc2cc(C(C)(C)C)cc(C)c2o1. The van der Waals surface area contributed by atoms with E-state index in [2.05, 4.69) is 32.9 Å². The highest BCUT2D eigenvalue weighted by atomic mass is 16.3. The van der Waals surface area contributed by atoms with Gasteiger partial charge in [-0.05, 0) is 35.6 Å². The third kappa shape index (κ3) is 2.20. The number of carbonyl (C=O) groups is 1. The van der Waals surface area contributed by atoms with Crippen molar-refractivity contribution < 1.29 is 9.21 Å². The summed E-state index contributed by atoms with van der Waals surface area (Å²) in [4.78, 5) is 11.7. The Labute approximate surface area is 108 Å². The number of carbonyl (C=O) groups excluding carboxylic acids is 1. The molecule has 1 aromatic heterocycles. The van der Waals surface area contributed by atoms with E-state index in [1.54, 1.807) is 0 Å². The molecule has 2 rings (SSSR count). The fraction of sp³-hybridized carbons (Fsp3) is 0.438. The number of benzene rings is 1. The van der Waals surface area contributed by atoms with E-state index in [1.807, 2.05) is 19.9 Å². The van der Waals surface area contributed by atoms with Crippen molar-refractivity contribution in [1.82, 2.24) is 0 Å². The molecule has 2 nitrogen and oxygen atoms in total. The summed E-state index contributed by atoms with van der Waals surface area (Å²) in [5, 5.41) is 1.02. The van der Waals surface area contributed by atoms with E-state index in [9.17, 15) is 4.79 Å². The largest absolute Gasteiger partial charge is 0.453 e. The van der Waals surface area contributed by atoms with E-state index >= 15 is 0 Å². The summed E-state index contributed by atoms with van der Waals surface area (Å²) >= 11 is 0. The standard InChI is InChI=1S/C16H20O2/c1-6-13(17)14-9-11-8-12(16(3,4)5)7-10(2)15(11)18-14/h7-9H,6H2,1-5H3. The predicted molar refractivity (Wildman–Crippen MR) is 74.3 cm³/mol. The molecule has 0 spiro atoms. The fourth-order valence-electron chi connectivity index (χ4n) is 2.07. The smallest absolute Gasteiger partial charge is 0.197 e. The monoisotopic (exact) mass is 244 g/mol. The third-order valence-electron chi connectivity index (χ3n) is 3.26. The predicted octanol–water partition coefficient (Wildman–Crippen LogP) is 4.63. The average molecular weight is 244 g/mol. The topological polar surface area (TPSA) is 30.2 Å². The van der Waals surface area contributed by atoms with Crippen LogP contribution in [0.2, 0.25) is 0 Å². The lowest BCUT2D eigenvalue weighted by Gasteiger charge is -2.19. The lowest BCUT2D eigenvalue weighted by molar-refractivity contribution is 0.0963. The normalized spacial score (nSPS) is 12.1. The second kappa shape index (κ2) is 4.27. The van der Waals surface area contributed by atoms with Gasteiger partial charge in [0.05, 0.1) is 0 Å². The highest BCUT2D eigenvalue weighted by molar-refractivity contribution is 5.98. The van der Waals surface area contributed by atoms with E-state index in [-0.39, 0.29) is 11.2 Å². The molecule has 0 bridgehead atoms. The maximum atomic E-state index is 11.7. The first-order chi connectivity index (χ1) is 8.32. The highest BCUT2D eigenvalue weighted by Gasteiger charge is 2.18. The third-order valence-corrected chi connectivity index (χ3v) is 3.26. The molecule has 0 saturated heterocycles. The number of furan rings is 1. The van der Waals surface area contributed by atoms with Crippen LogP contribution in [0.25, 0.3) is 11.0 Å². The summed E-state index contributed by atoms with van der Waals surface area (Å²) in [5.74, 6) is 0.532. The average Bonchev–Trinajstić information content (AvgIpc) is 2.71. The number of aryl methyl sites for hydroxylation is 1. The van der Waals surface area contributed by atoms with E-state index in [4.69, 9.17) is 4.42 Å². The van der Waals surface area contributed by atoms with Gasteiger partial charge in [0.1, 0.15) is 5.58 Å². The fourth-order valence-corrected chi connectivity index (χ4v) is 2.07. The Hall–Kier alpha value is -1.57. The minimum absolute atomic E-state index is 0.0582. The number of hydrogen-bond donors (Lipinski definition) is 0. The zero-order valence-electron chi connectivity index (χ0n) is 11.8. The zero-order chi connectivity index (χ0) is 13.5. The Kier molecular flexibility index (Phi) is 3.05. The van der Waals surface area contributed by atoms with Crippen LogP contribution in [0.1, 0.15) is 55.8 Å². The molecule has 0 N–H and O–H groups in total. The number of ketones is 1. The molecule has 96 valence electrons. The Morgan fingerprint density at radius 1 is 1.22 bits per heavy atom. The molecule has 0 fully saturated rings. The Bertz CT molecular complexity index is 597. The van der Waals surface area contributed by atoms with Crippen LogP contribution in [0.15, 0.2) is 22.6 Å². The molecule has 0 amide bonds. The summed E-state index contributed by atoms with van der Waals surface area (Å²) in [7, 11) is 0. The molecular weight excluding hydrogens is 224 g/mol. The number of rotatable bonds is 2. The summed E-state index contributed by atoms with van der Waals surface area (Å²) < 4.78 is 5.67. The van der Waals surface area contributed by atoms with Crippen molar-refractivity contribution in [3.05, 3.63) is 35.1 Å². The van der Waals surface area contributed by atoms with Gasteiger partial charge in [-0.15, -0.1) is 0 Å². The van der Waals surface area contributed by atoms with E-state index in [1.165, 1.54) is 5.56 Å². The molecule has 0 aliphatic carbocycles. The second-order valence-corrected chi connectivity index (χ2v) is 5.85. The van der Waals surface area contributed by atoms with Gasteiger partial charge in [0.25, 0.3) is 0 Å². The molecule has 1 heterocycles. The molecule has 0 unspecified atom stereocenters. The minimum atomic E-state index is 0.0582. The van der Waals surface area contributed by atoms with E-state index in [0.717, 1.165) is 16.5 Å². The van der Waals surface area contributed by atoms with Crippen LogP contribution in [0.4, 0.5) is 0 Å². The summed E-state index contributed by atoms with van der Waals surface area (Å²) in [5.41, 5.74) is 3.29. The first kappa shape index (κ1) is 12.9. The van der Waals surface area contributed by atoms with Crippen LogP contribution >= 0.6 is 0 Å². The molecular formula is C16H20O2. The maximum Gasteiger partial charge on any atom is 0.197 e. The number of hydrogen-bond acceptors (Lipinski definition) is 2. The number of fused-ring (bicyclic) bond motifs is 1. The molecule has 0 saturated carbocycles. The minimum Gasteiger partial charge on any atom is -0.453 e. The van der Waals surface area contributed by atoms with Crippen LogP contribution in [0.3, 0.4) is 0 Å². The van der Waals surface area contributed by atoms with Gasteiger partial charge in [-0.2, -0.15) is 0 Å². The quantitative estimate of drug-likeness (QED) is 0.721. The summed E-state index contributed by atoms with van der Waals surface area (Å²) in [6.07, 6.45) is 0.477. The highest BCUT2D eigenvalue weighted by Crippen LogP contribution is 2.30. The zero-order valence-corrected chi connectivity index (χ0v) is 11.8. The first-order valence-corrected chi connectivity index (χ1v) is 6.41. The first-order valence-electron chi connectivity index (χ1n) is 6.41. The van der Waals surface area contributed by atoms with Crippen LogP contribution in [0.5, 0.6) is 0 Å². The molecule has 2 heteroatoms. The lowest BCUT2D eigenvalue weighted by atomic mass is 9.85. The number of Topliss-reactive ketones (excluding diaryl/α,β-unsaturated/α-hetero) is 1. The van der Waals surface area contributed by atoms with Crippen molar-refractivity contribution in [3.63, 3.8) is 0 Å². The van der Waals surface area contributed by atoms with Crippen molar-refractivity contribution in [2.45, 2.75) is 46.5 Å². The molecule has 1 aromatic carbocycles. The van der Waals surface area contributed by atoms with Crippen molar-refractivity contribution in [2.24, 2.45) is 0 Å².